The van der Waals surface area contributed by atoms with Crippen LogP contribution in [-0.4, -0.2) is 19.9 Å². The SMILES string of the molecule is C=CC(=O)Oc1ccccc1OS(=O)(=O)C(F)(F)F. The van der Waals surface area contributed by atoms with E-state index in [0.717, 1.165) is 18.2 Å². The molecule has 19 heavy (non-hydrogen) atoms. The molecule has 1 aromatic carbocycles. The molecule has 104 valence electrons. The number of benzene rings is 1. The highest BCUT2D eigenvalue weighted by Gasteiger charge is 2.48. The van der Waals surface area contributed by atoms with Gasteiger partial charge >= 0.3 is 21.6 Å². The summed E-state index contributed by atoms with van der Waals surface area (Å²) >= 11 is 0. The highest BCUT2D eigenvalue weighted by Crippen LogP contribution is 2.32. The summed E-state index contributed by atoms with van der Waals surface area (Å²) in [5, 5.41) is 0. The average molecular weight is 296 g/mol. The molecule has 0 aliphatic rings. The minimum atomic E-state index is -5.83. The van der Waals surface area contributed by atoms with Crippen LogP contribution in [0.5, 0.6) is 11.5 Å². The third-order valence-electron chi connectivity index (χ3n) is 1.71. The molecule has 0 fully saturated rings. The lowest BCUT2D eigenvalue weighted by atomic mass is 10.3. The van der Waals surface area contributed by atoms with Gasteiger partial charge in [0, 0.05) is 6.08 Å². The molecule has 0 spiro atoms. The fourth-order valence-electron chi connectivity index (χ4n) is 0.919. The van der Waals surface area contributed by atoms with Gasteiger partial charge in [0.15, 0.2) is 11.5 Å². The maximum Gasteiger partial charge on any atom is 0.534 e. The van der Waals surface area contributed by atoms with Gasteiger partial charge in [-0.1, -0.05) is 18.7 Å². The predicted octanol–water partition coefficient (Wildman–Crippen LogP) is 2.01. The first-order valence-corrected chi connectivity index (χ1v) is 6.02. The summed E-state index contributed by atoms with van der Waals surface area (Å²) in [6.07, 6.45) is 0.759. The van der Waals surface area contributed by atoms with Crippen molar-refractivity contribution in [2.45, 2.75) is 5.51 Å². The fraction of sp³-hybridized carbons (Fsp3) is 0.100. The maximum absolute atomic E-state index is 12.1. The van der Waals surface area contributed by atoms with Crippen LogP contribution >= 0.6 is 0 Å². The second-order valence-electron chi connectivity index (χ2n) is 3.06. The van der Waals surface area contributed by atoms with Crippen LogP contribution < -0.4 is 8.92 Å². The number of ether oxygens (including phenoxy) is 1. The van der Waals surface area contributed by atoms with E-state index in [4.69, 9.17) is 0 Å². The largest absolute Gasteiger partial charge is 0.534 e. The number of alkyl halides is 3. The Balaban J connectivity index is 3.09. The van der Waals surface area contributed by atoms with Crippen molar-refractivity contribution in [3.8, 4) is 11.5 Å². The lowest BCUT2D eigenvalue weighted by Gasteiger charge is -2.12. The molecule has 0 aliphatic carbocycles. The summed E-state index contributed by atoms with van der Waals surface area (Å²) < 4.78 is 66.5. The number of rotatable bonds is 4. The van der Waals surface area contributed by atoms with Crippen molar-refractivity contribution in [2.75, 3.05) is 0 Å². The maximum atomic E-state index is 12.1. The van der Waals surface area contributed by atoms with Gasteiger partial charge in [0.2, 0.25) is 0 Å². The Labute approximate surface area is 106 Å². The van der Waals surface area contributed by atoms with Crippen LogP contribution in [0.25, 0.3) is 0 Å². The van der Waals surface area contributed by atoms with Gasteiger partial charge in [0.05, 0.1) is 0 Å². The lowest BCUT2D eigenvalue weighted by molar-refractivity contribution is -0.129. The zero-order valence-corrected chi connectivity index (χ0v) is 9.99. The predicted molar refractivity (Wildman–Crippen MR) is 57.9 cm³/mol. The molecule has 0 aromatic heterocycles. The minimum absolute atomic E-state index is 0.472. The summed E-state index contributed by atoms with van der Waals surface area (Å²) in [4.78, 5) is 10.9. The first kappa shape index (κ1) is 15.0. The number of para-hydroxylation sites is 2. The standard InChI is InChI=1S/C10H7F3O5S/c1-2-9(14)17-7-5-3-4-6-8(7)18-19(15,16)10(11,12)13/h2-6H,1H2. The normalized spacial score (nSPS) is 11.7. The monoisotopic (exact) mass is 296 g/mol. The van der Waals surface area contributed by atoms with Gasteiger partial charge in [0.25, 0.3) is 0 Å². The molecule has 0 saturated heterocycles. The van der Waals surface area contributed by atoms with Crippen molar-refractivity contribution < 1.29 is 35.3 Å². The zero-order valence-electron chi connectivity index (χ0n) is 9.18. The van der Waals surface area contributed by atoms with E-state index in [1.165, 1.54) is 12.1 Å². The smallest absolute Gasteiger partial charge is 0.419 e. The number of carbonyl (C=O) groups is 1. The van der Waals surface area contributed by atoms with Crippen LogP contribution in [0.4, 0.5) is 13.2 Å². The second-order valence-corrected chi connectivity index (χ2v) is 4.59. The molecule has 0 radical (unpaired) electrons. The van der Waals surface area contributed by atoms with Crippen molar-refractivity contribution in [3.63, 3.8) is 0 Å². The molecule has 0 amide bonds. The van der Waals surface area contributed by atoms with Crippen molar-refractivity contribution in [2.24, 2.45) is 0 Å². The summed E-state index contributed by atoms with van der Waals surface area (Å²) in [7, 11) is -5.83. The van der Waals surface area contributed by atoms with Gasteiger partial charge in [-0.15, -0.1) is 0 Å². The molecule has 0 heterocycles. The van der Waals surface area contributed by atoms with E-state index in [0.29, 0.717) is 0 Å². The summed E-state index contributed by atoms with van der Waals surface area (Å²) in [6.45, 7) is 3.09. The number of hydrogen-bond donors (Lipinski definition) is 0. The van der Waals surface area contributed by atoms with Crippen molar-refractivity contribution in [3.05, 3.63) is 36.9 Å². The van der Waals surface area contributed by atoms with Crippen LogP contribution in [-0.2, 0) is 14.9 Å². The Bertz CT molecular complexity index is 591. The second kappa shape index (κ2) is 5.31. The Kier molecular flexibility index (Phi) is 4.20. The Morgan fingerprint density at radius 2 is 1.74 bits per heavy atom. The molecule has 0 saturated carbocycles. The van der Waals surface area contributed by atoms with Crippen LogP contribution in [0.15, 0.2) is 36.9 Å². The van der Waals surface area contributed by atoms with Gasteiger partial charge in [-0.2, -0.15) is 21.6 Å². The third-order valence-corrected chi connectivity index (χ3v) is 2.68. The third kappa shape index (κ3) is 3.71. The van der Waals surface area contributed by atoms with Crippen LogP contribution in [0.1, 0.15) is 0 Å². The van der Waals surface area contributed by atoms with Crippen LogP contribution in [0.2, 0.25) is 0 Å². The van der Waals surface area contributed by atoms with Crippen LogP contribution in [0, 0.1) is 0 Å². The number of esters is 1. The van der Waals surface area contributed by atoms with E-state index >= 15 is 0 Å². The number of halogens is 3. The van der Waals surface area contributed by atoms with Gasteiger partial charge in [-0.25, -0.2) is 4.79 Å². The van der Waals surface area contributed by atoms with Crippen molar-refractivity contribution in [1.82, 2.24) is 0 Å². The van der Waals surface area contributed by atoms with Gasteiger partial charge < -0.3 is 8.92 Å². The fourth-order valence-corrected chi connectivity index (χ4v) is 1.39. The Hall–Kier alpha value is -2.03. The van der Waals surface area contributed by atoms with E-state index in [-0.39, 0.29) is 0 Å². The number of carbonyl (C=O) groups excluding carboxylic acids is 1. The summed E-state index contributed by atoms with van der Waals surface area (Å²) in [5.74, 6) is -2.20. The van der Waals surface area contributed by atoms with Crippen molar-refractivity contribution in [1.29, 1.82) is 0 Å². The van der Waals surface area contributed by atoms with E-state index < -0.39 is 33.1 Å². The molecule has 1 rings (SSSR count). The molecule has 0 bridgehead atoms. The molecule has 0 atom stereocenters. The lowest BCUT2D eigenvalue weighted by Crippen LogP contribution is -2.28. The molecular weight excluding hydrogens is 289 g/mol. The minimum Gasteiger partial charge on any atom is -0.419 e. The van der Waals surface area contributed by atoms with Crippen molar-refractivity contribution >= 4 is 16.1 Å². The van der Waals surface area contributed by atoms with Gasteiger partial charge in [-0.3, -0.25) is 0 Å². The average Bonchev–Trinajstić information content (AvgIpc) is 2.29. The summed E-state index contributed by atoms with van der Waals surface area (Å²) in [5.41, 5.74) is -5.58. The summed E-state index contributed by atoms with van der Waals surface area (Å²) in [6, 6.07) is 4.52. The van der Waals surface area contributed by atoms with E-state index in [2.05, 4.69) is 15.5 Å². The first-order chi connectivity index (χ1) is 8.67. The van der Waals surface area contributed by atoms with Gasteiger partial charge in [0.1, 0.15) is 0 Å². The molecule has 0 N–H and O–H groups in total. The van der Waals surface area contributed by atoms with E-state index in [1.54, 1.807) is 0 Å². The van der Waals surface area contributed by atoms with E-state index in [1.807, 2.05) is 0 Å². The molecule has 0 unspecified atom stereocenters. The van der Waals surface area contributed by atoms with E-state index in [9.17, 15) is 26.4 Å². The molecule has 9 heteroatoms. The quantitative estimate of drug-likeness (QED) is 0.279. The molecule has 1 aromatic rings. The first-order valence-electron chi connectivity index (χ1n) is 4.61. The highest BCUT2D eigenvalue weighted by molar-refractivity contribution is 7.88. The Morgan fingerprint density at radius 1 is 1.21 bits per heavy atom. The highest BCUT2D eigenvalue weighted by atomic mass is 32.2. The number of hydrogen-bond acceptors (Lipinski definition) is 5. The molecular formula is C10H7F3O5S. The zero-order chi connectivity index (χ0) is 14.7. The molecule has 5 nitrogen and oxygen atoms in total. The van der Waals surface area contributed by atoms with Gasteiger partial charge in [-0.05, 0) is 12.1 Å². The molecule has 0 aliphatic heterocycles. The topological polar surface area (TPSA) is 69.7 Å². The van der Waals surface area contributed by atoms with Crippen LogP contribution in [0.3, 0.4) is 0 Å². The Morgan fingerprint density at radius 3 is 2.21 bits per heavy atom.